The summed E-state index contributed by atoms with van der Waals surface area (Å²) >= 11 is 1.67. The van der Waals surface area contributed by atoms with Crippen molar-refractivity contribution in [2.24, 2.45) is 5.92 Å². The lowest BCUT2D eigenvalue weighted by atomic mass is 9.89. The van der Waals surface area contributed by atoms with E-state index in [1.165, 1.54) is 37.7 Å². The van der Waals surface area contributed by atoms with Crippen LogP contribution in [0.5, 0.6) is 0 Å². The first-order chi connectivity index (χ1) is 15.6. The number of nitrogens with zero attached hydrogens (tertiary/aromatic N) is 2. The Labute approximate surface area is 196 Å². The Morgan fingerprint density at radius 1 is 1.16 bits per heavy atom. The molecule has 1 saturated carbocycles. The van der Waals surface area contributed by atoms with Crippen LogP contribution in [0.1, 0.15) is 73.5 Å². The highest BCUT2D eigenvalue weighted by Gasteiger charge is 2.23. The number of benzene rings is 1. The van der Waals surface area contributed by atoms with Crippen molar-refractivity contribution < 1.29 is 4.79 Å². The van der Waals surface area contributed by atoms with Crippen LogP contribution >= 0.6 is 11.3 Å². The van der Waals surface area contributed by atoms with Gasteiger partial charge in [0.2, 0.25) is 0 Å². The van der Waals surface area contributed by atoms with Crippen molar-refractivity contribution in [1.82, 2.24) is 14.9 Å². The first-order valence-electron chi connectivity index (χ1n) is 12.1. The Bertz CT molecular complexity index is 1040. The maximum absolute atomic E-state index is 12.9. The molecule has 1 aliphatic rings. The second-order valence-corrected chi connectivity index (χ2v) is 10.0. The molecular formula is C27H35N3OS. The van der Waals surface area contributed by atoms with E-state index in [0.29, 0.717) is 5.92 Å². The summed E-state index contributed by atoms with van der Waals surface area (Å²) in [6.07, 6.45) is 8.63. The minimum atomic E-state index is 0.0357. The van der Waals surface area contributed by atoms with Crippen molar-refractivity contribution in [3.05, 3.63) is 52.5 Å². The number of thiazole rings is 1. The number of aryl methyl sites for hydroxylation is 1. The molecule has 3 aromatic rings. The Morgan fingerprint density at radius 2 is 1.91 bits per heavy atom. The number of carbonyl (C=O) groups is 1. The van der Waals surface area contributed by atoms with Gasteiger partial charge in [-0.1, -0.05) is 62.4 Å². The molecule has 0 spiro atoms. The second-order valence-electron chi connectivity index (χ2n) is 9.16. The summed E-state index contributed by atoms with van der Waals surface area (Å²) in [6.45, 7) is 8.04. The van der Waals surface area contributed by atoms with E-state index in [4.69, 9.17) is 4.98 Å². The van der Waals surface area contributed by atoms with Gasteiger partial charge in [-0.15, -0.1) is 11.3 Å². The second kappa shape index (κ2) is 10.5. The van der Waals surface area contributed by atoms with Gasteiger partial charge in [-0.05, 0) is 45.1 Å². The van der Waals surface area contributed by atoms with Gasteiger partial charge in [-0.2, -0.15) is 0 Å². The van der Waals surface area contributed by atoms with Crippen LogP contribution < -0.4 is 5.32 Å². The van der Waals surface area contributed by atoms with E-state index in [1.807, 2.05) is 0 Å². The molecule has 5 heteroatoms. The number of nitrogens with one attached hydrogen (secondary N) is 1. The average Bonchev–Trinajstić information content (AvgIpc) is 3.41. The third-order valence-corrected chi connectivity index (χ3v) is 7.55. The zero-order valence-electron chi connectivity index (χ0n) is 19.6. The molecule has 0 saturated heterocycles. The molecule has 32 heavy (non-hydrogen) atoms. The topological polar surface area (TPSA) is 46.9 Å². The Morgan fingerprint density at radius 3 is 2.62 bits per heavy atom. The fraction of sp³-hybridized carbons (Fsp3) is 0.481. The Hall–Kier alpha value is -2.40. The molecule has 0 unspecified atom stereocenters. The lowest BCUT2D eigenvalue weighted by Gasteiger charge is -2.24. The summed E-state index contributed by atoms with van der Waals surface area (Å²) in [5.41, 5.74) is 6.29. The molecule has 0 aliphatic heterocycles. The van der Waals surface area contributed by atoms with E-state index in [-0.39, 0.29) is 5.91 Å². The number of unbranched alkanes of at least 4 members (excludes halogenated alkanes) is 1. The molecule has 1 aromatic carbocycles. The van der Waals surface area contributed by atoms with Crippen LogP contribution in [0.3, 0.4) is 0 Å². The van der Waals surface area contributed by atoms with Crippen LogP contribution in [0, 0.1) is 19.8 Å². The van der Waals surface area contributed by atoms with Gasteiger partial charge in [-0.25, -0.2) is 4.98 Å². The highest BCUT2D eigenvalue weighted by molar-refractivity contribution is 7.13. The van der Waals surface area contributed by atoms with Crippen LogP contribution in [0.15, 0.2) is 35.7 Å². The molecule has 0 radical (unpaired) electrons. The van der Waals surface area contributed by atoms with Gasteiger partial charge >= 0.3 is 0 Å². The predicted molar refractivity (Wildman–Crippen MR) is 134 cm³/mol. The monoisotopic (exact) mass is 449 g/mol. The molecule has 0 atom stereocenters. The molecule has 170 valence electrons. The largest absolute Gasteiger partial charge is 0.352 e. The van der Waals surface area contributed by atoms with Crippen molar-refractivity contribution in [3.63, 3.8) is 0 Å². The molecule has 4 rings (SSSR count). The normalized spacial score (nSPS) is 14.6. The van der Waals surface area contributed by atoms with Gasteiger partial charge in [0.1, 0.15) is 5.01 Å². The van der Waals surface area contributed by atoms with Crippen LogP contribution in [-0.4, -0.2) is 22.0 Å². The van der Waals surface area contributed by atoms with Gasteiger partial charge in [0.05, 0.1) is 17.0 Å². The Balaban J connectivity index is 1.66. The van der Waals surface area contributed by atoms with Crippen molar-refractivity contribution in [1.29, 1.82) is 0 Å². The summed E-state index contributed by atoms with van der Waals surface area (Å²) in [7, 11) is 0. The molecular weight excluding hydrogens is 414 g/mol. The standard InChI is InChI=1S/C27H35N3OS/c1-4-5-15-28-26(31)23-16-25(30(20(23)3)17-21-9-7-6-8-10-21)24-18-32-27(29-24)22-13-11-19(2)12-14-22/h11-14,16,18,21H,4-10,15,17H2,1-3H3,(H,28,31). The molecule has 0 bridgehead atoms. The third kappa shape index (κ3) is 5.15. The summed E-state index contributed by atoms with van der Waals surface area (Å²) < 4.78 is 2.36. The summed E-state index contributed by atoms with van der Waals surface area (Å²) in [6, 6.07) is 10.6. The minimum Gasteiger partial charge on any atom is -0.352 e. The molecule has 4 nitrogen and oxygen atoms in total. The van der Waals surface area contributed by atoms with Crippen molar-refractivity contribution in [3.8, 4) is 22.0 Å². The highest BCUT2D eigenvalue weighted by Crippen LogP contribution is 2.34. The van der Waals surface area contributed by atoms with Crippen molar-refractivity contribution >= 4 is 17.2 Å². The molecule has 1 aliphatic carbocycles. The van der Waals surface area contributed by atoms with Gasteiger partial charge < -0.3 is 9.88 Å². The molecule has 1 N–H and O–H groups in total. The zero-order valence-corrected chi connectivity index (χ0v) is 20.4. The lowest BCUT2D eigenvalue weighted by molar-refractivity contribution is 0.0952. The van der Waals surface area contributed by atoms with E-state index < -0.39 is 0 Å². The fourth-order valence-corrected chi connectivity index (χ4v) is 5.46. The summed E-state index contributed by atoms with van der Waals surface area (Å²) in [5.74, 6) is 0.716. The number of carbonyl (C=O) groups excluding carboxylic acids is 1. The maximum Gasteiger partial charge on any atom is 0.253 e. The van der Waals surface area contributed by atoms with Crippen LogP contribution in [0.25, 0.3) is 22.0 Å². The smallest absolute Gasteiger partial charge is 0.253 e. The van der Waals surface area contributed by atoms with E-state index in [9.17, 15) is 4.79 Å². The van der Waals surface area contributed by atoms with Crippen molar-refractivity contribution in [2.45, 2.75) is 72.3 Å². The molecule has 1 amide bonds. The van der Waals surface area contributed by atoms with Gasteiger partial charge in [0, 0.05) is 29.7 Å². The molecule has 2 aromatic heterocycles. The third-order valence-electron chi connectivity index (χ3n) is 6.66. The SMILES string of the molecule is CCCCNC(=O)c1cc(-c2csc(-c3ccc(C)cc3)n2)n(CC2CCCCC2)c1C. The van der Waals surface area contributed by atoms with Gasteiger partial charge in [-0.3, -0.25) is 4.79 Å². The summed E-state index contributed by atoms with van der Waals surface area (Å²) in [5, 5.41) is 6.27. The maximum atomic E-state index is 12.9. The Kier molecular flexibility index (Phi) is 7.46. The first kappa shape index (κ1) is 22.8. The molecule has 1 fully saturated rings. The first-order valence-corrected chi connectivity index (χ1v) is 13.0. The number of hydrogen-bond acceptors (Lipinski definition) is 3. The van der Waals surface area contributed by atoms with E-state index in [0.717, 1.165) is 59.1 Å². The number of amides is 1. The number of rotatable bonds is 8. The predicted octanol–water partition coefficient (Wildman–Crippen LogP) is 7.01. The highest BCUT2D eigenvalue weighted by atomic mass is 32.1. The van der Waals surface area contributed by atoms with E-state index in [1.54, 1.807) is 11.3 Å². The molecule has 2 heterocycles. The minimum absolute atomic E-state index is 0.0357. The van der Waals surface area contributed by atoms with E-state index in [2.05, 4.69) is 66.4 Å². The lowest BCUT2D eigenvalue weighted by Crippen LogP contribution is -2.25. The number of hydrogen-bond donors (Lipinski definition) is 1. The quantitative estimate of drug-likeness (QED) is 0.376. The fourth-order valence-electron chi connectivity index (χ4n) is 4.64. The van der Waals surface area contributed by atoms with Crippen molar-refractivity contribution in [2.75, 3.05) is 6.54 Å². The van der Waals surface area contributed by atoms with E-state index >= 15 is 0 Å². The zero-order chi connectivity index (χ0) is 22.5. The number of aromatic nitrogens is 2. The van der Waals surface area contributed by atoms with Gasteiger partial charge in [0.15, 0.2) is 0 Å². The van der Waals surface area contributed by atoms with Crippen LogP contribution in [-0.2, 0) is 6.54 Å². The summed E-state index contributed by atoms with van der Waals surface area (Å²) in [4.78, 5) is 17.9. The average molecular weight is 450 g/mol. The van der Waals surface area contributed by atoms with Crippen LogP contribution in [0.2, 0.25) is 0 Å². The van der Waals surface area contributed by atoms with Crippen LogP contribution in [0.4, 0.5) is 0 Å². The van der Waals surface area contributed by atoms with Gasteiger partial charge in [0.25, 0.3) is 5.91 Å².